The second kappa shape index (κ2) is 4.63. The smallest absolute Gasteiger partial charge is 0.341 e. The summed E-state index contributed by atoms with van der Waals surface area (Å²) in [6, 6.07) is 0. The summed E-state index contributed by atoms with van der Waals surface area (Å²) in [5, 5.41) is 0. The molecule has 5 nitrogen and oxygen atoms in total. The van der Waals surface area contributed by atoms with E-state index in [0.29, 0.717) is 11.1 Å². The Balaban J connectivity index is 2.98. The minimum atomic E-state index is -0.514. The molecule has 0 radical (unpaired) electrons. The molecule has 0 aliphatic heterocycles. The number of carbonyl (C=O) groups is 2. The van der Waals surface area contributed by atoms with E-state index in [0.717, 1.165) is 0 Å². The molecule has 0 amide bonds. The lowest BCUT2D eigenvalue weighted by molar-refractivity contribution is -0.140. The molecule has 0 spiro atoms. The van der Waals surface area contributed by atoms with Crippen molar-refractivity contribution in [1.82, 2.24) is 0 Å². The van der Waals surface area contributed by atoms with Crippen molar-refractivity contribution in [3.63, 3.8) is 0 Å². The normalized spacial score (nSPS) is 9.80. The maximum absolute atomic E-state index is 11.4. The fourth-order valence-corrected chi connectivity index (χ4v) is 1.21. The van der Waals surface area contributed by atoms with E-state index in [4.69, 9.17) is 4.42 Å². The summed E-state index contributed by atoms with van der Waals surface area (Å²) < 4.78 is 14.2. The van der Waals surface area contributed by atoms with Crippen LogP contribution in [0.2, 0.25) is 0 Å². The highest BCUT2D eigenvalue weighted by molar-refractivity contribution is 5.93. The minimum absolute atomic E-state index is 0.0746. The molecule has 15 heavy (non-hydrogen) atoms. The molecule has 0 unspecified atom stereocenters. The van der Waals surface area contributed by atoms with Gasteiger partial charge in [-0.2, -0.15) is 0 Å². The van der Waals surface area contributed by atoms with Crippen molar-refractivity contribution in [2.75, 3.05) is 14.2 Å². The van der Waals surface area contributed by atoms with Crippen molar-refractivity contribution in [1.29, 1.82) is 0 Å². The van der Waals surface area contributed by atoms with Crippen LogP contribution in [0, 0.1) is 6.92 Å². The molecule has 5 heteroatoms. The van der Waals surface area contributed by atoms with Crippen LogP contribution in [0.4, 0.5) is 0 Å². The fourth-order valence-electron chi connectivity index (χ4n) is 1.21. The SMILES string of the molecule is COC(=O)Cc1occ(C)c1C(=O)OC. The number of hydrogen-bond acceptors (Lipinski definition) is 5. The lowest BCUT2D eigenvalue weighted by Crippen LogP contribution is -2.10. The van der Waals surface area contributed by atoms with E-state index >= 15 is 0 Å². The summed E-state index contributed by atoms with van der Waals surface area (Å²) in [4.78, 5) is 22.4. The van der Waals surface area contributed by atoms with Crippen LogP contribution in [0.1, 0.15) is 21.7 Å². The van der Waals surface area contributed by atoms with Crippen LogP contribution >= 0.6 is 0 Å². The van der Waals surface area contributed by atoms with Crippen LogP contribution in [-0.2, 0) is 20.7 Å². The Kier molecular flexibility index (Phi) is 3.49. The average Bonchev–Trinajstić information content (AvgIpc) is 2.58. The summed E-state index contributed by atoms with van der Waals surface area (Å²) in [7, 11) is 2.55. The van der Waals surface area contributed by atoms with Crippen molar-refractivity contribution in [3.8, 4) is 0 Å². The Hall–Kier alpha value is -1.78. The second-order valence-corrected chi connectivity index (χ2v) is 2.96. The van der Waals surface area contributed by atoms with Crippen molar-refractivity contribution >= 4 is 11.9 Å². The first kappa shape index (κ1) is 11.3. The topological polar surface area (TPSA) is 65.7 Å². The molecule has 1 aromatic heterocycles. The van der Waals surface area contributed by atoms with E-state index in [2.05, 4.69) is 9.47 Å². The summed E-state index contributed by atoms with van der Waals surface area (Å²) in [6.07, 6.45) is 1.33. The monoisotopic (exact) mass is 212 g/mol. The highest BCUT2D eigenvalue weighted by Gasteiger charge is 2.21. The van der Waals surface area contributed by atoms with Gasteiger partial charge in [0.15, 0.2) is 0 Å². The van der Waals surface area contributed by atoms with Gasteiger partial charge in [-0.15, -0.1) is 0 Å². The summed E-state index contributed by atoms with van der Waals surface area (Å²) in [5.74, 6) is -0.708. The minimum Gasteiger partial charge on any atom is -0.469 e. The van der Waals surface area contributed by atoms with Crippen molar-refractivity contribution in [2.24, 2.45) is 0 Å². The first-order chi connectivity index (χ1) is 7.10. The third-order valence-corrected chi connectivity index (χ3v) is 1.97. The maximum Gasteiger partial charge on any atom is 0.341 e. The van der Waals surface area contributed by atoms with Crippen LogP contribution in [0.25, 0.3) is 0 Å². The highest BCUT2D eigenvalue weighted by Crippen LogP contribution is 2.18. The summed E-state index contributed by atoms with van der Waals surface area (Å²) in [6.45, 7) is 1.70. The fraction of sp³-hybridized carbons (Fsp3) is 0.400. The largest absolute Gasteiger partial charge is 0.469 e. The van der Waals surface area contributed by atoms with Gasteiger partial charge in [-0.05, 0) is 6.92 Å². The molecular weight excluding hydrogens is 200 g/mol. The first-order valence-electron chi connectivity index (χ1n) is 4.32. The summed E-state index contributed by atoms with van der Waals surface area (Å²) in [5.41, 5.74) is 0.934. The van der Waals surface area contributed by atoms with Gasteiger partial charge in [0.05, 0.1) is 20.5 Å². The van der Waals surface area contributed by atoms with Gasteiger partial charge in [0.25, 0.3) is 0 Å². The molecule has 0 bridgehead atoms. The number of methoxy groups -OCH3 is 2. The number of carbonyl (C=O) groups excluding carboxylic acids is 2. The van der Waals surface area contributed by atoms with E-state index in [1.54, 1.807) is 6.92 Å². The molecule has 0 saturated heterocycles. The van der Waals surface area contributed by atoms with E-state index in [1.807, 2.05) is 0 Å². The van der Waals surface area contributed by atoms with Crippen molar-refractivity contribution in [3.05, 3.63) is 23.2 Å². The van der Waals surface area contributed by atoms with Crippen LogP contribution in [0.15, 0.2) is 10.7 Å². The molecule has 0 aliphatic rings. The third-order valence-electron chi connectivity index (χ3n) is 1.97. The van der Waals surface area contributed by atoms with Gasteiger partial charge in [-0.1, -0.05) is 0 Å². The molecule has 0 aromatic carbocycles. The van der Waals surface area contributed by atoms with Gasteiger partial charge in [-0.3, -0.25) is 4.79 Å². The molecule has 0 atom stereocenters. The van der Waals surface area contributed by atoms with Gasteiger partial charge in [0.2, 0.25) is 0 Å². The number of rotatable bonds is 3. The lowest BCUT2D eigenvalue weighted by atomic mass is 10.1. The Morgan fingerprint density at radius 1 is 1.33 bits per heavy atom. The molecule has 1 heterocycles. The van der Waals surface area contributed by atoms with Crippen LogP contribution < -0.4 is 0 Å². The van der Waals surface area contributed by atoms with Gasteiger partial charge < -0.3 is 13.9 Å². The van der Waals surface area contributed by atoms with Crippen LogP contribution in [0.5, 0.6) is 0 Å². The van der Waals surface area contributed by atoms with Crippen molar-refractivity contribution < 1.29 is 23.5 Å². The number of furan rings is 1. The highest BCUT2D eigenvalue weighted by atomic mass is 16.5. The van der Waals surface area contributed by atoms with Gasteiger partial charge in [0, 0.05) is 5.56 Å². The van der Waals surface area contributed by atoms with Crippen LogP contribution in [-0.4, -0.2) is 26.2 Å². The average molecular weight is 212 g/mol. The molecule has 0 saturated carbocycles. The Morgan fingerprint density at radius 2 is 2.00 bits per heavy atom. The number of ether oxygens (including phenoxy) is 2. The Morgan fingerprint density at radius 3 is 2.53 bits per heavy atom. The van der Waals surface area contributed by atoms with Gasteiger partial charge >= 0.3 is 11.9 Å². The number of esters is 2. The number of aryl methyl sites for hydroxylation is 1. The molecule has 82 valence electrons. The zero-order valence-electron chi connectivity index (χ0n) is 8.83. The van der Waals surface area contributed by atoms with Crippen molar-refractivity contribution in [2.45, 2.75) is 13.3 Å². The maximum atomic E-state index is 11.4. The standard InChI is InChI=1S/C10H12O5/c1-6-5-15-7(4-8(11)13-2)9(6)10(12)14-3/h5H,4H2,1-3H3. The van der Waals surface area contributed by atoms with Gasteiger partial charge in [-0.25, -0.2) is 4.79 Å². The predicted molar refractivity (Wildman–Crippen MR) is 50.5 cm³/mol. The summed E-state index contributed by atoms with van der Waals surface area (Å²) >= 11 is 0. The Bertz CT molecular complexity index is 377. The van der Waals surface area contributed by atoms with Crippen LogP contribution in [0.3, 0.4) is 0 Å². The zero-order chi connectivity index (χ0) is 11.4. The second-order valence-electron chi connectivity index (χ2n) is 2.96. The molecule has 0 N–H and O–H groups in total. The molecule has 0 fully saturated rings. The third kappa shape index (κ3) is 2.37. The molecule has 1 aromatic rings. The lowest BCUT2D eigenvalue weighted by Gasteiger charge is -2.00. The zero-order valence-corrected chi connectivity index (χ0v) is 8.83. The van der Waals surface area contributed by atoms with Gasteiger partial charge in [0.1, 0.15) is 17.7 Å². The van der Waals surface area contributed by atoms with E-state index in [1.165, 1.54) is 20.5 Å². The first-order valence-corrected chi connectivity index (χ1v) is 4.32. The molecule has 0 aliphatic carbocycles. The van der Waals surface area contributed by atoms with E-state index in [-0.39, 0.29) is 12.2 Å². The molecular formula is C10H12O5. The Labute approximate surface area is 87.0 Å². The number of hydrogen-bond donors (Lipinski definition) is 0. The molecule has 1 rings (SSSR count). The van der Waals surface area contributed by atoms with E-state index in [9.17, 15) is 9.59 Å². The predicted octanol–water partition coefficient (Wildman–Crippen LogP) is 1.09. The quantitative estimate of drug-likeness (QED) is 0.701. The van der Waals surface area contributed by atoms with E-state index < -0.39 is 11.9 Å².